The van der Waals surface area contributed by atoms with E-state index in [1.54, 1.807) is 0 Å². The molecular formula is C48H57NO6. The third-order valence-electron chi connectivity index (χ3n) is 9.20. The zero-order valence-electron chi connectivity index (χ0n) is 33.3. The summed E-state index contributed by atoms with van der Waals surface area (Å²) < 4.78 is 29.3. The smallest absolute Gasteiger partial charge is 0.339 e. The van der Waals surface area contributed by atoms with Gasteiger partial charge in [-0.15, -0.1) is 0 Å². The molecule has 0 unspecified atom stereocenters. The number of nitrogens with one attached hydrogen (secondary N) is 1. The molecule has 5 aromatic carbocycles. The molecule has 0 aliphatic heterocycles. The van der Waals surface area contributed by atoms with Crippen LogP contribution in [0.15, 0.2) is 127 Å². The number of hydrogen-bond acceptors (Lipinski definition) is 7. The zero-order valence-corrected chi connectivity index (χ0v) is 33.3. The van der Waals surface area contributed by atoms with Gasteiger partial charge in [-0.3, -0.25) is 0 Å². The van der Waals surface area contributed by atoms with Gasteiger partial charge in [-0.1, -0.05) is 133 Å². The number of ether oxygens (including phenoxy) is 5. The molecule has 0 bridgehead atoms. The summed E-state index contributed by atoms with van der Waals surface area (Å²) in [7, 11) is 0. The summed E-state index contributed by atoms with van der Waals surface area (Å²) in [5.74, 6) is 1.33. The lowest BCUT2D eigenvalue weighted by Gasteiger charge is -2.26. The van der Waals surface area contributed by atoms with Gasteiger partial charge in [0.25, 0.3) is 0 Å². The van der Waals surface area contributed by atoms with E-state index in [1.807, 2.05) is 97.1 Å². The molecule has 0 spiro atoms. The van der Waals surface area contributed by atoms with Crippen molar-refractivity contribution in [1.29, 1.82) is 0 Å². The van der Waals surface area contributed by atoms with Crippen LogP contribution in [-0.2, 0) is 38.1 Å². The summed E-state index contributed by atoms with van der Waals surface area (Å²) in [6.07, 6.45) is -0.477. The fourth-order valence-corrected chi connectivity index (χ4v) is 5.88. The second-order valence-corrected chi connectivity index (χ2v) is 15.7. The van der Waals surface area contributed by atoms with Crippen molar-refractivity contribution in [1.82, 2.24) is 5.32 Å². The minimum absolute atomic E-state index is 0.0499. The molecule has 1 N–H and O–H groups in total. The molecule has 5 rings (SSSR count). The third kappa shape index (κ3) is 13.4. The number of carbonyl (C=O) groups is 1. The molecule has 0 aliphatic rings. The van der Waals surface area contributed by atoms with Crippen LogP contribution in [0.1, 0.15) is 91.4 Å². The van der Waals surface area contributed by atoms with Crippen LogP contribution in [0.2, 0.25) is 0 Å². The Kier molecular flexibility index (Phi) is 15.1. The van der Waals surface area contributed by atoms with E-state index in [1.165, 1.54) is 11.1 Å². The first kappa shape index (κ1) is 41.2. The number of carbonyl (C=O) groups excluding carboxylic acids is 1. The van der Waals surface area contributed by atoms with Gasteiger partial charge < -0.3 is 29.0 Å². The average molecular weight is 744 g/mol. The Bertz CT molecular complexity index is 1810. The van der Waals surface area contributed by atoms with Crippen LogP contribution >= 0.6 is 0 Å². The van der Waals surface area contributed by atoms with Crippen molar-refractivity contribution in [2.24, 2.45) is 0 Å². The highest BCUT2D eigenvalue weighted by atomic mass is 16.6. The van der Waals surface area contributed by atoms with Crippen molar-refractivity contribution >= 4 is 5.97 Å². The monoisotopic (exact) mass is 743 g/mol. The molecule has 290 valence electrons. The predicted octanol–water partition coefficient (Wildman–Crippen LogP) is 10.0. The molecule has 5 aromatic rings. The molecule has 0 radical (unpaired) electrons. The van der Waals surface area contributed by atoms with Gasteiger partial charge >= 0.3 is 5.97 Å². The lowest BCUT2D eigenvalue weighted by Crippen LogP contribution is -2.17. The minimum atomic E-state index is -0.477. The van der Waals surface area contributed by atoms with Gasteiger partial charge in [-0.05, 0) is 80.6 Å². The summed E-state index contributed by atoms with van der Waals surface area (Å²) in [5, 5.41) is 3.47. The van der Waals surface area contributed by atoms with Crippen LogP contribution in [0.25, 0.3) is 0 Å². The van der Waals surface area contributed by atoms with Gasteiger partial charge in [0.2, 0.25) is 0 Å². The van der Waals surface area contributed by atoms with Crippen LogP contribution < -0.4 is 14.8 Å². The van der Waals surface area contributed by atoms with Crippen LogP contribution in [0.5, 0.6) is 11.5 Å². The van der Waals surface area contributed by atoms with Crippen molar-refractivity contribution in [3.05, 3.63) is 166 Å². The Balaban J connectivity index is 0.937. The summed E-state index contributed by atoms with van der Waals surface area (Å²) >= 11 is 0. The molecule has 0 heterocycles. The molecule has 0 saturated carbocycles. The number of benzene rings is 5. The Morgan fingerprint density at radius 3 is 1.44 bits per heavy atom. The Hall–Kier alpha value is -4.95. The maximum Gasteiger partial charge on any atom is 0.339 e. The van der Waals surface area contributed by atoms with Gasteiger partial charge in [-0.25, -0.2) is 4.79 Å². The number of esters is 1. The fourth-order valence-electron chi connectivity index (χ4n) is 5.88. The van der Waals surface area contributed by atoms with Crippen molar-refractivity contribution in [3.63, 3.8) is 0 Å². The maximum absolute atomic E-state index is 13.1. The first-order valence-electron chi connectivity index (χ1n) is 19.2. The summed E-state index contributed by atoms with van der Waals surface area (Å²) in [5.41, 5.74) is 7.25. The highest BCUT2D eigenvalue weighted by Gasteiger charge is 2.22. The molecule has 0 fully saturated rings. The molecule has 0 amide bonds. The van der Waals surface area contributed by atoms with Gasteiger partial charge in [0.15, 0.2) is 6.10 Å². The molecule has 55 heavy (non-hydrogen) atoms. The van der Waals surface area contributed by atoms with Crippen LogP contribution in [0, 0.1) is 0 Å². The number of rotatable bonds is 19. The van der Waals surface area contributed by atoms with E-state index in [0.717, 1.165) is 33.8 Å². The lowest BCUT2D eigenvalue weighted by molar-refractivity contribution is 0.0273. The van der Waals surface area contributed by atoms with E-state index in [9.17, 15) is 4.79 Å². The summed E-state index contributed by atoms with van der Waals surface area (Å²) in [4.78, 5) is 13.1. The maximum atomic E-state index is 13.1. The Labute approximate surface area is 328 Å². The average Bonchev–Trinajstić information content (AvgIpc) is 3.18. The molecular weight excluding hydrogens is 687 g/mol. The van der Waals surface area contributed by atoms with E-state index >= 15 is 0 Å². The largest absolute Gasteiger partial charge is 0.491 e. The standard InChI is InChI=1S/C48H57NO6/c1-47(2,3)41-31-42(48(4,5)6)33-44(32-41)54-30-28-52-26-25-51-27-29-53-43-23-19-37(20-24-43)35-49-34-36-17-21-40(22-18-36)46(50)55-45(38-13-9-7-10-14-38)39-15-11-8-12-16-39/h7-24,31-33,45,49H,25-30,34-35H2,1-6H3. The van der Waals surface area contributed by atoms with Gasteiger partial charge in [-0.2, -0.15) is 0 Å². The minimum Gasteiger partial charge on any atom is -0.491 e. The second-order valence-electron chi connectivity index (χ2n) is 15.7. The number of hydrogen-bond donors (Lipinski definition) is 1. The van der Waals surface area contributed by atoms with E-state index in [0.29, 0.717) is 58.3 Å². The van der Waals surface area contributed by atoms with Gasteiger partial charge in [0.05, 0.1) is 32.0 Å². The van der Waals surface area contributed by atoms with Crippen LogP contribution in [-0.4, -0.2) is 45.6 Å². The van der Waals surface area contributed by atoms with E-state index in [4.69, 9.17) is 23.7 Å². The third-order valence-corrected chi connectivity index (χ3v) is 9.20. The van der Waals surface area contributed by atoms with Crippen molar-refractivity contribution in [3.8, 4) is 11.5 Å². The predicted molar refractivity (Wildman–Crippen MR) is 220 cm³/mol. The fraction of sp³-hybridized carbons (Fsp3) is 0.354. The summed E-state index contributed by atoms with van der Waals surface area (Å²) in [6.45, 7) is 17.7. The van der Waals surface area contributed by atoms with Crippen LogP contribution in [0.4, 0.5) is 0 Å². The first-order chi connectivity index (χ1) is 26.5. The van der Waals surface area contributed by atoms with Gasteiger partial charge in [0, 0.05) is 13.1 Å². The first-order valence-corrected chi connectivity index (χ1v) is 19.2. The Morgan fingerprint density at radius 2 is 0.964 bits per heavy atom. The van der Waals surface area contributed by atoms with E-state index in [2.05, 4.69) is 77.2 Å². The zero-order chi connectivity index (χ0) is 39.1. The van der Waals surface area contributed by atoms with Gasteiger partial charge in [0.1, 0.15) is 24.7 Å². The van der Waals surface area contributed by atoms with Crippen molar-refractivity contribution in [2.75, 3.05) is 39.6 Å². The molecule has 0 saturated heterocycles. The Morgan fingerprint density at radius 1 is 0.527 bits per heavy atom. The molecule has 7 nitrogen and oxygen atoms in total. The highest BCUT2D eigenvalue weighted by molar-refractivity contribution is 5.89. The van der Waals surface area contributed by atoms with Crippen LogP contribution in [0.3, 0.4) is 0 Å². The SMILES string of the molecule is CC(C)(C)c1cc(OCCOCCOCCOc2ccc(CNCc3ccc(C(=O)OC(c4ccccc4)c4ccccc4)cc3)cc2)cc(C(C)(C)C)c1. The summed E-state index contributed by atoms with van der Waals surface area (Å²) in [6, 6.07) is 41.8. The van der Waals surface area contributed by atoms with E-state index in [-0.39, 0.29) is 16.8 Å². The van der Waals surface area contributed by atoms with Crippen molar-refractivity contribution < 1.29 is 28.5 Å². The molecule has 0 aromatic heterocycles. The molecule has 7 heteroatoms. The second kappa shape index (κ2) is 20.1. The quantitative estimate of drug-likeness (QED) is 0.0667. The topological polar surface area (TPSA) is 75.3 Å². The normalized spacial score (nSPS) is 11.8. The van der Waals surface area contributed by atoms with Crippen molar-refractivity contribution in [2.45, 2.75) is 71.6 Å². The molecule has 0 aliphatic carbocycles. The van der Waals surface area contributed by atoms with E-state index < -0.39 is 6.10 Å². The highest BCUT2D eigenvalue weighted by Crippen LogP contribution is 2.33. The molecule has 0 atom stereocenters. The lowest BCUT2D eigenvalue weighted by atomic mass is 9.80.